The van der Waals surface area contributed by atoms with E-state index in [1.54, 1.807) is 16.8 Å². The quantitative estimate of drug-likeness (QED) is 0.844. The van der Waals surface area contributed by atoms with Crippen molar-refractivity contribution in [3.63, 3.8) is 0 Å². The molecule has 22 heavy (non-hydrogen) atoms. The molecular weight excluding hydrogens is 280 g/mol. The SMILES string of the molecule is CN1CC(N(C)C(=O)Cc2ccc3c(c2)CCO3)CCC1=O. The highest BCUT2D eigenvalue weighted by Gasteiger charge is 2.28. The molecule has 1 aromatic rings. The van der Waals surface area contributed by atoms with E-state index in [0.29, 0.717) is 19.4 Å². The van der Waals surface area contributed by atoms with Gasteiger partial charge in [0.05, 0.1) is 13.0 Å². The second-order valence-corrected chi connectivity index (χ2v) is 6.19. The van der Waals surface area contributed by atoms with Crippen LogP contribution in [0.15, 0.2) is 18.2 Å². The normalized spacial score (nSPS) is 20.5. The highest BCUT2D eigenvalue weighted by atomic mass is 16.5. The number of amides is 2. The Bertz CT molecular complexity index is 600. The molecule has 3 rings (SSSR count). The summed E-state index contributed by atoms with van der Waals surface area (Å²) in [5.41, 5.74) is 2.22. The fourth-order valence-corrected chi connectivity index (χ4v) is 3.16. The van der Waals surface area contributed by atoms with Gasteiger partial charge in [-0.05, 0) is 23.6 Å². The number of piperidine rings is 1. The molecule has 0 N–H and O–H groups in total. The number of nitrogens with zero attached hydrogens (tertiary/aromatic N) is 2. The molecule has 1 aromatic carbocycles. The number of likely N-dealkylation sites (tertiary alicyclic amines) is 1. The molecule has 118 valence electrons. The number of hydrogen-bond acceptors (Lipinski definition) is 3. The van der Waals surface area contributed by atoms with Gasteiger partial charge in [-0.2, -0.15) is 0 Å². The maximum atomic E-state index is 12.5. The van der Waals surface area contributed by atoms with E-state index in [1.165, 1.54) is 5.56 Å². The monoisotopic (exact) mass is 302 g/mol. The number of hydrogen-bond donors (Lipinski definition) is 0. The number of carbonyl (C=O) groups is 2. The molecule has 1 atom stereocenters. The summed E-state index contributed by atoms with van der Waals surface area (Å²) in [4.78, 5) is 27.5. The smallest absolute Gasteiger partial charge is 0.227 e. The molecule has 1 unspecified atom stereocenters. The van der Waals surface area contributed by atoms with E-state index in [-0.39, 0.29) is 17.9 Å². The molecule has 0 spiro atoms. The van der Waals surface area contributed by atoms with Gasteiger partial charge in [-0.1, -0.05) is 12.1 Å². The van der Waals surface area contributed by atoms with E-state index in [9.17, 15) is 9.59 Å². The van der Waals surface area contributed by atoms with Crippen LogP contribution in [-0.2, 0) is 22.4 Å². The minimum absolute atomic E-state index is 0.103. The molecule has 0 bridgehead atoms. The first kappa shape index (κ1) is 14.9. The van der Waals surface area contributed by atoms with Crippen LogP contribution in [0.25, 0.3) is 0 Å². The molecule has 1 saturated heterocycles. The summed E-state index contributed by atoms with van der Waals surface area (Å²) in [5, 5.41) is 0. The van der Waals surface area contributed by atoms with Crippen molar-refractivity contribution in [1.29, 1.82) is 0 Å². The van der Waals surface area contributed by atoms with Crippen LogP contribution in [0.5, 0.6) is 5.75 Å². The van der Waals surface area contributed by atoms with Gasteiger partial charge >= 0.3 is 0 Å². The first-order valence-electron chi connectivity index (χ1n) is 7.79. The first-order valence-corrected chi connectivity index (χ1v) is 7.79. The summed E-state index contributed by atoms with van der Waals surface area (Å²) >= 11 is 0. The fraction of sp³-hybridized carbons (Fsp3) is 0.529. The average Bonchev–Trinajstić information content (AvgIpc) is 2.97. The zero-order valence-corrected chi connectivity index (χ0v) is 13.2. The minimum Gasteiger partial charge on any atom is -0.493 e. The Hall–Kier alpha value is -2.04. The summed E-state index contributed by atoms with van der Waals surface area (Å²) in [7, 11) is 3.64. The molecule has 5 heteroatoms. The van der Waals surface area contributed by atoms with Gasteiger partial charge in [0.1, 0.15) is 5.75 Å². The molecule has 5 nitrogen and oxygen atoms in total. The third-order valence-electron chi connectivity index (χ3n) is 4.65. The highest BCUT2D eigenvalue weighted by molar-refractivity contribution is 5.80. The van der Waals surface area contributed by atoms with E-state index in [0.717, 1.165) is 30.8 Å². The summed E-state index contributed by atoms with van der Waals surface area (Å²) in [5.74, 6) is 1.21. The predicted molar refractivity (Wildman–Crippen MR) is 82.8 cm³/mol. The summed E-state index contributed by atoms with van der Waals surface area (Å²) in [6.07, 6.45) is 2.60. The third-order valence-corrected chi connectivity index (χ3v) is 4.65. The lowest BCUT2D eigenvalue weighted by atomic mass is 10.0. The van der Waals surface area contributed by atoms with Crippen LogP contribution in [-0.4, -0.2) is 54.9 Å². The van der Waals surface area contributed by atoms with Crippen LogP contribution < -0.4 is 4.74 Å². The lowest BCUT2D eigenvalue weighted by Gasteiger charge is -2.35. The van der Waals surface area contributed by atoms with Crippen LogP contribution in [0.4, 0.5) is 0 Å². The minimum atomic E-state index is 0.103. The van der Waals surface area contributed by atoms with Gasteiger partial charge in [-0.15, -0.1) is 0 Å². The van der Waals surface area contributed by atoms with E-state index >= 15 is 0 Å². The molecule has 2 heterocycles. The predicted octanol–water partition coefficient (Wildman–Crippen LogP) is 1.24. The van der Waals surface area contributed by atoms with E-state index in [2.05, 4.69) is 6.07 Å². The second kappa shape index (κ2) is 5.99. The van der Waals surface area contributed by atoms with Crippen molar-refractivity contribution in [3.05, 3.63) is 29.3 Å². The Morgan fingerprint density at radius 2 is 2.23 bits per heavy atom. The van der Waals surface area contributed by atoms with Crippen LogP contribution >= 0.6 is 0 Å². The first-order chi connectivity index (χ1) is 10.5. The zero-order chi connectivity index (χ0) is 15.7. The Kier molecular flexibility index (Phi) is 4.05. The molecule has 0 aromatic heterocycles. The van der Waals surface area contributed by atoms with Gasteiger partial charge in [0, 0.05) is 39.5 Å². The molecular formula is C17H22N2O3. The van der Waals surface area contributed by atoms with Crippen molar-refractivity contribution in [1.82, 2.24) is 9.80 Å². The summed E-state index contributed by atoms with van der Waals surface area (Å²) in [6, 6.07) is 6.11. The van der Waals surface area contributed by atoms with Crippen LogP contribution in [0.2, 0.25) is 0 Å². The van der Waals surface area contributed by atoms with E-state index < -0.39 is 0 Å². The Morgan fingerprint density at radius 1 is 1.41 bits per heavy atom. The number of fused-ring (bicyclic) bond motifs is 1. The van der Waals surface area contributed by atoms with Crippen molar-refractivity contribution in [3.8, 4) is 5.75 Å². The molecule has 1 fully saturated rings. The number of likely N-dealkylation sites (N-methyl/N-ethyl adjacent to an activating group) is 2. The zero-order valence-electron chi connectivity index (χ0n) is 13.2. The maximum Gasteiger partial charge on any atom is 0.227 e. The Balaban J connectivity index is 1.63. The van der Waals surface area contributed by atoms with Crippen molar-refractivity contribution < 1.29 is 14.3 Å². The fourth-order valence-electron chi connectivity index (χ4n) is 3.16. The highest BCUT2D eigenvalue weighted by Crippen LogP contribution is 2.26. The standard InChI is InChI=1S/C17H22N2O3/c1-18-11-14(4-6-16(18)20)19(2)17(21)10-12-3-5-15-13(9-12)7-8-22-15/h3,5,9,14H,4,6-8,10-11H2,1-2H3. The van der Waals surface area contributed by atoms with Crippen LogP contribution in [0, 0.1) is 0 Å². The second-order valence-electron chi connectivity index (χ2n) is 6.19. The summed E-state index contributed by atoms with van der Waals surface area (Å²) in [6.45, 7) is 1.36. The number of rotatable bonds is 3. The third kappa shape index (κ3) is 2.93. The van der Waals surface area contributed by atoms with Gasteiger partial charge < -0.3 is 14.5 Å². The average molecular weight is 302 g/mol. The molecule has 0 saturated carbocycles. The van der Waals surface area contributed by atoms with Crippen molar-refractivity contribution in [2.45, 2.75) is 31.7 Å². The maximum absolute atomic E-state index is 12.5. The lowest BCUT2D eigenvalue weighted by Crippen LogP contribution is -2.49. The number of ether oxygens (including phenoxy) is 1. The molecule has 2 amide bonds. The van der Waals surface area contributed by atoms with Gasteiger partial charge in [0.15, 0.2) is 0 Å². The number of carbonyl (C=O) groups excluding carboxylic acids is 2. The van der Waals surface area contributed by atoms with E-state index in [1.807, 2.05) is 19.2 Å². The van der Waals surface area contributed by atoms with Gasteiger partial charge in [0.25, 0.3) is 0 Å². The Labute approximate surface area is 130 Å². The van der Waals surface area contributed by atoms with Crippen molar-refractivity contribution in [2.24, 2.45) is 0 Å². The number of benzene rings is 1. The largest absolute Gasteiger partial charge is 0.493 e. The lowest BCUT2D eigenvalue weighted by molar-refractivity contribution is -0.139. The molecule has 2 aliphatic rings. The molecule has 2 aliphatic heterocycles. The molecule has 0 aliphatic carbocycles. The topological polar surface area (TPSA) is 49.9 Å². The van der Waals surface area contributed by atoms with Crippen LogP contribution in [0.3, 0.4) is 0 Å². The Morgan fingerprint density at radius 3 is 3.00 bits per heavy atom. The van der Waals surface area contributed by atoms with Gasteiger partial charge in [-0.25, -0.2) is 0 Å². The van der Waals surface area contributed by atoms with E-state index in [4.69, 9.17) is 4.74 Å². The summed E-state index contributed by atoms with van der Waals surface area (Å²) < 4.78 is 5.49. The van der Waals surface area contributed by atoms with Crippen molar-refractivity contribution in [2.75, 3.05) is 27.2 Å². The molecule has 0 radical (unpaired) electrons. The van der Waals surface area contributed by atoms with Crippen molar-refractivity contribution >= 4 is 11.8 Å². The van der Waals surface area contributed by atoms with Crippen LogP contribution in [0.1, 0.15) is 24.0 Å². The van der Waals surface area contributed by atoms with Gasteiger partial charge in [-0.3, -0.25) is 9.59 Å². The van der Waals surface area contributed by atoms with Gasteiger partial charge in [0.2, 0.25) is 11.8 Å².